The van der Waals surface area contributed by atoms with E-state index >= 15 is 0 Å². The normalized spacial score (nSPS) is 10.9. The van der Waals surface area contributed by atoms with Gasteiger partial charge in [-0.2, -0.15) is 18.4 Å². The first kappa shape index (κ1) is 22.4. The second kappa shape index (κ2) is 9.52. The minimum Gasteiger partial charge on any atom is -0.493 e. The molecule has 0 radical (unpaired) electrons. The molecule has 2 aromatic rings. The number of hydrogen-bond donors (Lipinski definition) is 1. The number of thioether (sulfide) groups is 1. The second-order valence-corrected chi connectivity index (χ2v) is 6.90. The number of anilines is 1. The Labute approximate surface area is 170 Å². The van der Waals surface area contributed by atoms with Gasteiger partial charge in [-0.15, -0.1) is 11.8 Å². The van der Waals surface area contributed by atoms with Crippen LogP contribution in [0.3, 0.4) is 0 Å². The van der Waals surface area contributed by atoms with E-state index in [1.807, 2.05) is 0 Å². The number of amides is 1. The van der Waals surface area contributed by atoms with Crippen LogP contribution in [0.2, 0.25) is 0 Å². The Bertz CT molecular complexity index is 943. The maximum Gasteiger partial charge on any atom is 0.417 e. The zero-order chi connectivity index (χ0) is 21.6. The number of ether oxygens (including phenoxy) is 2. The summed E-state index contributed by atoms with van der Waals surface area (Å²) in [5.41, 5.74) is -0.921. The minimum atomic E-state index is -4.65. The smallest absolute Gasteiger partial charge is 0.417 e. The number of alkyl halides is 3. The highest BCUT2D eigenvalue weighted by molar-refractivity contribution is 7.99. The van der Waals surface area contributed by atoms with Crippen molar-refractivity contribution in [2.45, 2.75) is 24.5 Å². The highest BCUT2D eigenvalue weighted by Crippen LogP contribution is 2.36. The summed E-state index contributed by atoms with van der Waals surface area (Å²) in [4.78, 5) is 16.2. The first-order chi connectivity index (χ1) is 13.7. The molecule has 0 fully saturated rings. The Balaban J connectivity index is 2.04. The van der Waals surface area contributed by atoms with Crippen molar-refractivity contribution in [1.29, 1.82) is 5.26 Å². The van der Waals surface area contributed by atoms with Crippen LogP contribution in [0.4, 0.5) is 18.9 Å². The molecule has 0 aliphatic rings. The molecule has 0 aliphatic carbocycles. The number of rotatable bonds is 7. The first-order valence-corrected chi connectivity index (χ1v) is 9.31. The predicted molar refractivity (Wildman–Crippen MR) is 102 cm³/mol. The van der Waals surface area contributed by atoms with Gasteiger partial charge in [-0.25, -0.2) is 4.98 Å². The molecule has 0 atom stereocenters. The number of carbonyl (C=O) groups is 1. The summed E-state index contributed by atoms with van der Waals surface area (Å²) in [6, 6.07) is 7.28. The summed E-state index contributed by atoms with van der Waals surface area (Å²) in [5.74, 6) is 0.770. The van der Waals surface area contributed by atoms with E-state index in [0.29, 0.717) is 17.2 Å². The van der Waals surface area contributed by atoms with Crippen LogP contribution < -0.4 is 14.8 Å². The fraction of sp³-hybridized carbons (Fsp3) is 0.316. The molecule has 1 aromatic carbocycles. The van der Waals surface area contributed by atoms with E-state index in [1.165, 1.54) is 21.1 Å². The van der Waals surface area contributed by atoms with Crippen molar-refractivity contribution in [2.75, 3.05) is 25.3 Å². The number of aromatic nitrogens is 1. The van der Waals surface area contributed by atoms with E-state index < -0.39 is 17.3 Å². The van der Waals surface area contributed by atoms with Gasteiger partial charge in [-0.05, 0) is 25.1 Å². The molecule has 1 N–H and O–H groups in total. The number of halogens is 3. The third-order valence-electron chi connectivity index (χ3n) is 3.77. The average Bonchev–Trinajstić information content (AvgIpc) is 2.66. The van der Waals surface area contributed by atoms with E-state index in [9.17, 15) is 18.0 Å². The molecule has 1 heterocycles. The summed E-state index contributed by atoms with van der Waals surface area (Å²) in [7, 11) is 2.96. The molecule has 2 rings (SSSR count). The summed E-state index contributed by atoms with van der Waals surface area (Å²) < 4.78 is 49.7. The molecule has 1 amide bonds. The van der Waals surface area contributed by atoms with Crippen LogP contribution in [0.25, 0.3) is 0 Å². The summed E-state index contributed by atoms with van der Waals surface area (Å²) in [5, 5.41) is 11.8. The molecule has 154 valence electrons. The highest BCUT2D eigenvalue weighted by Gasteiger charge is 2.35. The van der Waals surface area contributed by atoms with Gasteiger partial charge in [0.05, 0.1) is 25.3 Å². The Morgan fingerprint density at radius 3 is 2.52 bits per heavy atom. The van der Waals surface area contributed by atoms with Gasteiger partial charge in [0.25, 0.3) is 0 Å². The fourth-order valence-corrected chi connectivity index (χ4v) is 3.45. The Morgan fingerprint density at radius 1 is 1.24 bits per heavy atom. The Morgan fingerprint density at radius 2 is 1.93 bits per heavy atom. The molecule has 0 unspecified atom stereocenters. The van der Waals surface area contributed by atoms with Gasteiger partial charge in [0.15, 0.2) is 11.5 Å². The van der Waals surface area contributed by atoms with E-state index in [0.717, 1.165) is 17.8 Å². The largest absolute Gasteiger partial charge is 0.493 e. The monoisotopic (exact) mass is 425 g/mol. The lowest BCUT2D eigenvalue weighted by atomic mass is 10.1. The van der Waals surface area contributed by atoms with Gasteiger partial charge in [0.1, 0.15) is 11.1 Å². The van der Waals surface area contributed by atoms with Crippen molar-refractivity contribution in [3.05, 3.63) is 41.1 Å². The number of nitriles is 1. The molecule has 0 saturated heterocycles. The summed E-state index contributed by atoms with van der Waals surface area (Å²) in [6.07, 6.45) is -4.64. The zero-order valence-corrected chi connectivity index (χ0v) is 16.7. The van der Waals surface area contributed by atoms with Gasteiger partial charge < -0.3 is 14.8 Å². The fourth-order valence-electron chi connectivity index (χ4n) is 2.46. The molecule has 10 heteroatoms. The average molecular weight is 425 g/mol. The molecule has 0 aliphatic heterocycles. The van der Waals surface area contributed by atoms with E-state index in [1.54, 1.807) is 24.3 Å². The number of hydrogen-bond acceptors (Lipinski definition) is 6. The minimum absolute atomic E-state index is 0.0147. The van der Waals surface area contributed by atoms with Crippen molar-refractivity contribution >= 4 is 23.4 Å². The standard InChI is InChI=1S/C19H18F3N3O3S/c1-11-8-14(19(20,21)22)13(10-23)18(24-11)29-7-6-17(26)25-12-4-5-15(27-2)16(9-12)28-3/h4-5,8-9H,6-7H2,1-3H3,(H,25,26). The lowest BCUT2D eigenvalue weighted by Crippen LogP contribution is -2.13. The van der Waals surface area contributed by atoms with E-state index in [2.05, 4.69) is 10.3 Å². The molecule has 0 bridgehead atoms. The van der Waals surface area contributed by atoms with Crippen LogP contribution >= 0.6 is 11.8 Å². The number of pyridine rings is 1. The molecule has 6 nitrogen and oxygen atoms in total. The van der Waals surface area contributed by atoms with Crippen molar-refractivity contribution in [3.63, 3.8) is 0 Å². The third-order valence-corrected chi connectivity index (χ3v) is 4.74. The molecule has 0 spiro atoms. The topological polar surface area (TPSA) is 84.2 Å². The van der Waals surface area contributed by atoms with Crippen molar-refractivity contribution in [1.82, 2.24) is 4.98 Å². The highest BCUT2D eigenvalue weighted by atomic mass is 32.2. The number of aryl methyl sites for hydroxylation is 1. The SMILES string of the molecule is COc1ccc(NC(=O)CCSc2nc(C)cc(C(F)(F)F)c2C#N)cc1OC. The van der Waals surface area contributed by atoms with Gasteiger partial charge >= 0.3 is 6.18 Å². The number of carbonyl (C=O) groups excluding carboxylic acids is 1. The lowest BCUT2D eigenvalue weighted by Gasteiger charge is -2.13. The number of nitrogens with zero attached hydrogens (tertiary/aromatic N) is 2. The number of benzene rings is 1. The molecular weight excluding hydrogens is 407 g/mol. The lowest BCUT2D eigenvalue weighted by molar-refractivity contribution is -0.138. The quantitative estimate of drug-likeness (QED) is 0.661. The summed E-state index contributed by atoms with van der Waals surface area (Å²) >= 11 is 0.930. The van der Waals surface area contributed by atoms with Crippen molar-refractivity contribution in [2.24, 2.45) is 0 Å². The molecule has 1 aromatic heterocycles. The van der Waals surface area contributed by atoms with Crippen LogP contribution in [-0.2, 0) is 11.0 Å². The van der Waals surface area contributed by atoms with Gasteiger partial charge in [0, 0.05) is 29.6 Å². The van der Waals surface area contributed by atoms with Crippen LogP contribution in [0.15, 0.2) is 29.3 Å². The van der Waals surface area contributed by atoms with Gasteiger partial charge in [-0.3, -0.25) is 4.79 Å². The van der Waals surface area contributed by atoms with Crippen LogP contribution in [-0.4, -0.2) is 30.9 Å². The second-order valence-electron chi connectivity index (χ2n) is 5.82. The van der Waals surface area contributed by atoms with Gasteiger partial charge in [0.2, 0.25) is 5.91 Å². The maximum absolute atomic E-state index is 13.1. The summed E-state index contributed by atoms with van der Waals surface area (Å²) in [6.45, 7) is 1.42. The molecule has 0 saturated carbocycles. The van der Waals surface area contributed by atoms with Crippen LogP contribution in [0.5, 0.6) is 11.5 Å². The van der Waals surface area contributed by atoms with Crippen LogP contribution in [0, 0.1) is 18.3 Å². The van der Waals surface area contributed by atoms with Crippen molar-refractivity contribution < 1.29 is 27.4 Å². The Hall–Kier alpha value is -2.93. The van der Waals surface area contributed by atoms with Crippen LogP contribution in [0.1, 0.15) is 23.2 Å². The van der Waals surface area contributed by atoms with E-state index in [4.69, 9.17) is 14.7 Å². The third kappa shape index (κ3) is 5.77. The Kier molecular flexibility index (Phi) is 7.34. The predicted octanol–water partition coefficient (Wildman–Crippen LogP) is 4.42. The first-order valence-electron chi connectivity index (χ1n) is 8.33. The molecule has 29 heavy (non-hydrogen) atoms. The van der Waals surface area contributed by atoms with Gasteiger partial charge in [-0.1, -0.05) is 0 Å². The number of methoxy groups -OCH3 is 2. The zero-order valence-electron chi connectivity index (χ0n) is 15.9. The maximum atomic E-state index is 13.1. The molecular formula is C19H18F3N3O3S. The number of nitrogens with one attached hydrogen (secondary N) is 1. The van der Waals surface area contributed by atoms with Crippen molar-refractivity contribution in [3.8, 4) is 17.6 Å². The van der Waals surface area contributed by atoms with E-state index in [-0.39, 0.29) is 28.8 Å².